The summed E-state index contributed by atoms with van der Waals surface area (Å²) in [5, 5.41) is 0. The van der Waals surface area contributed by atoms with E-state index in [0.717, 1.165) is 0 Å². The highest BCUT2D eigenvalue weighted by Gasteiger charge is 2.25. The van der Waals surface area contributed by atoms with E-state index in [4.69, 9.17) is 0 Å². The molecule has 2 atom stereocenters. The minimum Gasteiger partial charge on any atom is -0.247 e. The van der Waals surface area contributed by atoms with Gasteiger partial charge in [-0.1, -0.05) is 143 Å². The number of hydrogen-bond donors (Lipinski definition) is 1. The zero-order valence-electron chi connectivity index (χ0n) is 24.0. The van der Waals surface area contributed by atoms with Gasteiger partial charge in [-0.3, -0.25) is 0 Å². The smallest absolute Gasteiger partial charge is 0.247 e. The van der Waals surface area contributed by atoms with Gasteiger partial charge in [-0.05, 0) is 32.6 Å². The maximum Gasteiger partial charge on any atom is 0.257 e. The topological polar surface area (TPSA) is 19.7 Å². The van der Waals surface area contributed by atoms with Gasteiger partial charge < -0.3 is 0 Å². The first-order valence-corrected chi connectivity index (χ1v) is 15.8. The summed E-state index contributed by atoms with van der Waals surface area (Å²) < 4.78 is 2.60. The van der Waals surface area contributed by atoms with Crippen LogP contribution in [-0.2, 0) is 0 Å². The van der Waals surface area contributed by atoms with Crippen molar-refractivity contribution in [3.63, 3.8) is 0 Å². The predicted octanol–water partition coefficient (Wildman–Crippen LogP) is 11.0. The third-order valence-corrected chi connectivity index (χ3v) is 7.89. The van der Waals surface area contributed by atoms with Crippen molar-refractivity contribution in [3.05, 3.63) is 18.2 Å². The Morgan fingerprint density at radius 1 is 0.559 bits per heavy atom. The van der Waals surface area contributed by atoms with Crippen LogP contribution >= 0.6 is 0 Å². The largest absolute Gasteiger partial charge is 0.257 e. The Labute approximate surface area is 215 Å². The molecule has 0 fully saturated rings. The number of hydrogen-bond acceptors (Lipinski definition) is 0. The lowest BCUT2D eigenvalue weighted by Gasteiger charge is -2.17. The van der Waals surface area contributed by atoms with E-state index in [0.29, 0.717) is 12.0 Å². The van der Waals surface area contributed by atoms with Crippen LogP contribution < -0.4 is 4.57 Å². The first-order chi connectivity index (χ1) is 16.7. The molecule has 0 bridgehead atoms. The van der Waals surface area contributed by atoms with Crippen LogP contribution in [0.3, 0.4) is 0 Å². The van der Waals surface area contributed by atoms with Crippen molar-refractivity contribution >= 4 is 0 Å². The fraction of sp³-hybridized carbons (Fsp3) is 0.906. The van der Waals surface area contributed by atoms with Crippen molar-refractivity contribution in [2.24, 2.45) is 0 Å². The second-order valence-corrected chi connectivity index (χ2v) is 11.2. The standard InChI is InChI=1S/C32H62N2/c1-5-8-11-13-15-17-18-20-23-25-30(4)34-29-28-33-32(34)31(26-22-10-7-3)27-24-21-19-16-14-12-9-6-2/h28-31H,5-27H2,1-4H3/p+1. The van der Waals surface area contributed by atoms with Crippen molar-refractivity contribution in [1.29, 1.82) is 0 Å². The van der Waals surface area contributed by atoms with Crippen molar-refractivity contribution in [2.75, 3.05) is 0 Å². The van der Waals surface area contributed by atoms with E-state index in [1.807, 2.05) is 0 Å². The molecule has 0 aliphatic rings. The molecule has 0 aliphatic heterocycles. The van der Waals surface area contributed by atoms with Gasteiger partial charge in [-0.15, -0.1) is 0 Å². The minimum absolute atomic E-state index is 0.623. The number of aromatic nitrogens is 2. The molecule has 200 valence electrons. The molecule has 0 radical (unpaired) electrons. The van der Waals surface area contributed by atoms with Crippen LogP contribution in [0.4, 0.5) is 0 Å². The highest BCUT2D eigenvalue weighted by Crippen LogP contribution is 2.27. The maximum absolute atomic E-state index is 3.69. The molecule has 1 heterocycles. The highest BCUT2D eigenvalue weighted by atomic mass is 15.1. The normalized spacial score (nSPS) is 13.4. The van der Waals surface area contributed by atoms with Crippen molar-refractivity contribution in [1.82, 2.24) is 4.98 Å². The Morgan fingerprint density at radius 2 is 0.941 bits per heavy atom. The molecular formula is C32H63N2+. The third-order valence-electron chi connectivity index (χ3n) is 7.89. The Bertz CT molecular complexity index is 535. The average Bonchev–Trinajstić information content (AvgIpc) is 3.33. The van der Waals surface area contributed by atoms with Gasteiger partial charge in [0.05, 0.1) is 12.0 Å². The van der Waals surface area contributed by atoms with E-state index in [1.54, 1.807) is 0 Å². The number of aromatic amines is 1. The summed E-state index contributed by atoms with van der Waals surface area (Å²) in [7, 11) is 0. The van der Waals surface area contributed by atoms with E-state index in [2.05, 4.69) is 49.6 Å². The molecule has 2 heteroatoms. The van der Waals surface area contributed by atoms with E-state index in [9.17, 15) is 0 Å². The number of imidazole rings is 1. The SMILES string of the molecule is CCCCCCCCCCCC(C)[n+]1cc[nH]c1C(CCCCC)CCCCCCCCCC. The fourth-order valence-corrected chi connectivity index (χ4v) is 5.54. The van der Waals surface area contributed by atoms with Gasteiger partial charge in [0.25, 0.3) is 5.82 Å². The summed E-state index contributed by atoms with van der Waals surface area (Å²) in [4.78, 5) is 3.69. The molecule has 0 aliphatic carbocycles. The van der Waals surface area contributed by atoms with E-state index in [-0.39, 0.29) is 0 Å². The van der Waals surface area contributed by atoms with Crippen LogP contribution in [-0.4, -0.2) is 4.98 Å². The second kappa shape index (κ2) is 22.7. The van der Waals surface area contributed by atoms with Crippen LogP contribution in [0.25, 0.3) is 0 Å². The number of unbranched alkanes of at least 4 members (excludes halogenated alkanes) is 17. The number of nitrogens with zero attached hydrogens (tertiary/aromatic N) is 1. The zero-order valence-corrected chi connectivity index (χ0v) is 24.0. The van der Waals surface area contributed by atoms with Gasteiger partial charge in [0.15, 0.2) is 0 Å². The van der Waals surface area contributed by atoms with Crippen LogP contribution in [0.5, 0.6) is 0 Å². The summed E-state index contributed by atoms with van der Waals surface area (Å²) in [6.45, 7) is 9.39. The van der Waals surface area contributed by atoms with Crippen LogP contribution in [0.1, 0.15) is 193 Å². The van der Waals surface area contributed by atoms with Crippen molar-refractivity contribution in [2.45, 2.75) is 187 Å². The van der Waals surface area contributed by atoms with Crippen LogP contribution in [0.15, 0.2) is 12.4 Å². The Balaban J connectivity index is 2.40. The summed E-state index contributed by atoms with van der Waals surface area (Å²) in [5.74, 6) is 2.23. The van der Waals surface area contributed by atoms with Gasteiger partial charge in [-0.25, -0.2) is 9.55 Å². The molecule has 0 aromatic carbocycles. The summed E-state index contributed by atoms with van der Waals surface area (Å²) in [6.07, 6.45) is 36.8. The lowest BCUT2D eigenvalue weighted by Crippen LogP contribution is -2.41. The average molecular weight is 476 g/mol. The molecular weight excluding hydrogens is 412 g/mol. The first-order valence-electron chi connectivity index (χ1n) is 15.8. The van der Waals surface area contributed by atoms with Crippen LogP contribution in [0.2, 0.25) is 0 Å². The molecule has 2 unspecified atom stereocenters. The van der Waals surface area contributed by atoms with E-state index >= 15 is 0 Å². The Hall–Kier alpha value is -0.790. The van der Waals surface area contributed by atoms with Gasteiger partial charge in [0.2, 0.25) is 0 Å². The Kier molecular flexibility index (Phi) is 20.8. The van der Waals surface area contributed by atoms with Crippen LogP contribution in [0, 0.1) is 0 Å². The molecule has 1 aromatic rings. The highest BCUT2D eigenvalue weighted by molar-refractivity contribution is 4.90. The number of rotatable bonds is 25. The van der Waals surface area contributed by atoms with Gasteiger partial charge >= 0.3 is 0 Å². The molecule has 1 aromatic heterocycles. The lowest BCUT2D eigenvalue weighted by atomic mass is 9.93. The van der Waals surface area contributed by atoms with Gasteiger partial charge in [0, 0.05) is 0 Å². The molecule has 34 heavy (non-hydrogen) atoms. The fourth-order valence-electron chi connectivity index (χ4n) is 5.54. The van der Waals surface area contributed by atoms with Gasteiger partial charge in [0.1, 0.15) is 12.4 Å². The second-order valence-electron chi connectivity index (χ2n) is 11.2. The molecule has 2 nitrogen and oxygen atoms in total. The molecule has 1 rings (SSSR count). The quantitative estimate of drug-likeness (QED) is 0.107. The number of H-pyrrole nitrogens is 1. The van der Waals surface area contributed by atoms with Gasteiger partial charge in [-0.2, -0.15) is 0 Å². The summed E-state index contributed by atoms with van der Waals surface area (Å²) in [6, 6.07) is 0.623. The monoisotopic (exact) mass is 475 g/mol. The number of nitrogens with one attached hydrogen (secondary N) is 1. The maximum atomic E-state index is 3.69. The molecule has 0 spiro atoms. The predicted molar refractivity (Wildman–Crippen MR) is 152 cm³/mol. The van der Waals surface area contributed by atoms with Crippen molar-refractivity contribution < 1.29 is 4.57 Å². The Morgan fingerprint density at radius 3 is 1.44 bits per heavy atom. The zero-order chi connectivity index (χ0) is 24.7. The summed E-state index contributed by atoms with van der Waals surface area (Å²) in [5.41, 5.74) is 0. The molecule has 0 amide bonds. The third kappa shape index (κ3) is 15.3. The van der Waals surface area contributed by atoms with E-state index in [1.165, 1.54) is 154 Å². The van der Waals surface area contributed by atoms with E-state index < -0.39 is 0 Å². The molecule has 0 saturated carbocycles. The first kappa shape index (κ1) is 31.2. The molecule has 1 N–H and O–H groups in total. The van der Waals surface area contributed by atoms with Crippen molar-refractivity contribution in [3.8, 4) is 0 Å². The molecule has 0 saturated heterocycles. The summed E-state index contributed by atoms with van der Waals surface area (Å²) >= 11 is 0. The lowest BCUT2D eigenvalue weighted by molar-refractivity contribution is -0.727. The minimum atomic E-state index is 0.623.